The summed E-state index contributed by atoms with van der Waals surface area (Å²) in [5, 5.41) is 2.36. The summed E-state index contributed by atoms with van der Waals surface area (Å²) in [5.74, 6) is 1.27. The lowest BCUT2D eigenvalue weighted by atomic mass is 9.93. The number of hydrogen-bond donors (Lipinski definition) is 0. The Morgan fingerprint density at radius 1 is 0.492 bits per heavy atom. The van der Waals surface area contributed by atoms with Gasteiger partial charge in [0.2, 0.25) is 0 Å². The first-order chi connectivity index (χ1) is 31.0. The van der Waals surface area contributed by atoms with Gasteiger partial charge < -0.3 is 14.7 Å². The van der Waals surface area contributed by atoms with Gasteiger partial charge in [-0.25, -0.2) is 4.98 Å². The predicted octanol–water partition coefficient (Wildman–Crippen LogP) is 15.3. The fraction of sp³-hybridized carbons (Fsp3) is 0.0862. The number of fused-ring (bicyclic) bond motifs is 4. The van der Waals surface area contributed by atoms with Crippen LogP contribution in [0.2, 0.25) is 0 Å². The molecule has 5 nitrogen and oxygen atoms in total. The molecule has 0 unspecified atom stereocenters. The SMILES string of the molecule is CC(C)c1ccccc1-c1ccnc(-n2c3ccccc3c3ccc(N(c4cccc(N5CN(C)c6ccccc65)c4)c4c(-c5ccccc5)cccc4-c4ccccc4)cc32)c1. The van der Waals surface area contributed by atoms with Gasteiger partial charge in [-0.05, 0) is 94.4 Å². The summed E-state index contributed by atoms with van der Waals surface area (Å²) in [7, 11) is 2.17. The maximum Gasteiger partial charge on any atom is 0.138 e. The standard InChI is InChI=1S/C58H47N5/c1-40(2)47-24-10-11-25-48(47)43-34-35-59-57(36-43)63-53-29-13-12-26-51(53)52-33-32-46(38-56(52)63)62(45-23-16-22-44(37-45)61-39-60(3)54-30-14-15-31-55(54)61)58-49(41-18-6-4-7-19-41)27-17-28-50(58)42-20-8-5-9-21-42/h4-38,40H,39H2,1-3H3. The number of rotatable bonds is 9. The van der Waals surface area contributed by atoms with E-state index in [0.29, 0.717) is 5.92 Å². The molecule has 0 radical (unpaired) electrons. The zero-order valence-electron chi connectivity index (χ0n) is 35.7. The molecule has 0 bridgehead atoms. The molecule has 0 N–H and O–H groups in total. The van der Waals surface area contributed by atoms with Crippen molar-refractivity contribution in [1.29, 1.82) is 0 Å². The first kappa shape index (κ1) is 38.1. The van der Waals surface area contributed by atoms with Crippen LogP contribution < -0.4 is 14.7 Å². The predicted molar refractivity (Wildman–Crippen MR) is 266 cm³/mol. The van der Waals surface area contributed by atoms with Crippen LogP contribution >= 0.6 is 0 Å². The number of anilines is 6. The highest BCUT2D eigenvalue weighted by atomic mass is 15.4. The number of para-hydroxylation sites is 4. The smallest absolute Gasteiger partial charge is 0.138 e. The third-order valence-electron chi connectivity index (χ3n) is 12.6. The first-order valence-corrected chi connectivity index (χ1v) is 21.8. The highest BCUT2D eigenvalue weighted by Crippen LogP contribution is 2.49. The van der Waals surface area contributed by atoms with Crippen LogP contribution in [0.1, 0.15) is 25.3 Å². The highest BCUT2D eigenvalue weighted by molar-refractivity contribution is 6.11. The van der Waals surface area contributed by atoms with Gasteiger partial charge in [-0.1, -0.05) is 159 Å². The second-order valence-electron chi connectivity index (χ2n) is 16.7. The van der Waals surface area contributed by atoms with Gasteiger partial charge in [0.25, 0.3) is 0 Å². The topological polar surface area (TPSA) is 27.5 Å². The lowest BCUT2D eigenvalue weighted by Gasteiger charge is -2.31. The average molecular weight is 814 g/mol. The molecule has 0 saturated heterocycles. The zero-order chi connectivity index (χ0) is 42.4. The number of nitrogens with zero attached hydrogens (tertiary/aromatic N) is 5. The van der Waals surface area contributed by atoms with Gasteiger partial charge in [0, 0.05) is 52.2 Å². The van der Waals surface area contributed by atoms with E-state index in [-0.39, 0.29) is 0 Å². The Hall–Kier alpha value is -7.89. The maximum absolute atomic E-state index is 5.10. The van der Waals surface area contributed by atoms with Crippen molar-refractivity contribution in [3.63, 3.8) is 0 Å². The van der Waals surface area contributed by atoms with Gasteiger partial charge in [0.15, 0.2) is 0 Å². The Kier molecular flexibility index (Phi) is 9.58. The second-order valence-corrected chi connectivity index (χ2v) is 16.7. The van der Waals surface area contributed by atoms with Crippen LogP contribution in [0.25, 0.3) is 61.0 Å². The molecule has 11 rings (SSSR count). The van der Waals surface area contributed by atoms with Crippen LogP contribution in [0, 0.1) is 0 Å². The van der Waals surface area contributed by atoms with E-state index >= 15 is 0 Å². The quantitative estimate of drug-likeness (QED) is 0.145. The van der Waals surface area contributed by atoms with Gasteiger partial charge in [0.05, 0.1) is 34.8 Å². The van der Waals surface area contributed by atoms with Crippen molar-refractivity contribution in [2.45, 2.75) is 19.8 Å². The minimum Gasteiger partial charge on any atom is -0.355 e. The van der Waals surface area contributed by atoms with Gasteiger partial charge in [-0.15, -0.1) is 0 Å². The second kappa shape index (κ2) is 15.9. The molecule has 304 valence electrons. The Balaban J connectivity index is 1.18. The largest absolute Gasteiger partial charge is 0.355 e. The Morgan fingerprint density at radius 2 is 1.11 bits per heavy atom. The first-order valence-electron chi connectivity index (χ1n) is 21.8. The number of pyridine rings is 1. The van der Waals surface area contributed by atoms with Crippen molar-refractivity contribution >= 4 is 55.9 Å². The molecule has 8 aromatic carbocycles. The van der Waals surface area contributed by atoms with E-state index in [1.807, 2.05) is 6.20 Å². The van der Waals surface area contributed by atoms with Gasteiger partial charge in [-0.2, -0.15) is 0 Å². The molecule has 5 heteroatoms. The third kappa shape index (κ3) is 6.70. The molecule has 0 spiro atoms. The van der Waals surface area contributed by atoms with Crippen LogP contribution in [-0.2, 0) is 0 Å². The van der Waals surface area contributed by atoms with E-state index in [2.05, 4.69) is 246 Å². The molecule has 0 amide bonds. The van der Waals surface area contributed by atoms with Crippen molar-refractivity contribution in [2.24, 2.45) is 0 Å². The maximum atomic E-state index is 5.10. The van der Waals surface area contributed by atoms with Crippen molar-refractivity contribution in [3.05, 3.63) is 218 Å². The van der Waals surface area contributed by atoms with Crippen molar-refractivity contribution in [2.75, 3.05) is 28.4 Å². The molecule has 0 saturated carbocycles. The lowest BCUT2D eigenvalue weighted by Crippen LogP contribution is -2.24. The molecule has 0 atom stereocenters. The summed E-state index contributed by atoms with van der Waals surface area (Å²) in [6.07, 6.45) is 1.96. The Bertz CT molecular complexity index is 3220. The number of aromatic nitrogens is 2. The van der Waals surface area contributed by atoms with Crippen LogP contribution in [-0.4, -0.2) is 23.3 Å². The van der Waals surface area contributed by atoms with E-state index in [1.165, 1.54) is 33.3 Å². The molecule has 10 aromatic rings. The van der Waals surface area contributed by atoms with E-state index in [4.69, 9.17) is 4.98 Å². The molecule has 0 fully saturated rings. The van der Waals surface area contributed by atoms with Crippen LogP contribution in [0.15, 0.2) is 212 Å². The Morgan fingerprint density at radius 3 is 1.87 bits per heavy atom. The zero-order valence-corrected chi connectivity index (χ0v) is 35.7. The summed E-state index contributed by atoms with van der Waals surface area (Å²) in [4.78, 5) is 12.3. The summed E-state index contributed by atoms with van der Waals surface area (Å²) in [5.41, 5.74) is 17.3. The minimum absolute atomic E-state index is 0.388. The average Bonchev–Trinajstić information content (AvgIpc) is 3.86. The van der Waals surface area contributed by atoms with Gasteiger partial charge in [-0.3, -0.25) is 4.57 Å². The minimum atomic E-state index is 0.388. The summed E-state index contributed by atoms with van der Waals surface area (Å²) in [6, 6.07) is 74.8. The van der Waals surface area contributed by atoms with E-state index < -0.39 is 0 Å². The molecule has 1 aliphatic rings. The fourth-order valence-electron chi connectivity index (χ4n) is 9.61. The van der Waals surface area contributed by atoms with Crippen molar-refractivity contribution in [1.82, 2.24) is 9.55 Å². The normalized spacial score (nSPS) is 12.4. The monoisotopic (exact) mass is 813 g/mol. The number of benzene rings is 8. The molecule has 2 aromatic heterocycles. The summed E-state index contributed by atoms with van der Waals surface area (Å²) >= 11 is 0. The Labute approximate surface area is 369 Å². The lowest BCUT2D eigenvalue weighted by molar-refractivity contribution is 0.869. The van der Waals surface area contributed by atoms with Crippen LogP contribution in [0.4, 0.5) is 34.1 Å². The van der Waals surface area contributed by atoms with Crippen molar-refractivity contribution in [3.8, 4) is 39.2 Å². The van der Waals surface area contributed by atoms with E-state index in [1.54, 1.807) is 0 Å². The highest BCUT2D eigenvalue weighted by Gasteiger charge is 2.27. The molecular formula is C58H47N5. The van der Waals surface area contributed by atoms with Crippen LogP contribution in [0.3, 0.4) is 0 Å². The molecular weight excluding hydrogens is 767 g/mol. The van der Waals surface area contributed by atoms with Gasteiger partial charge >= 0.3 is 0 Å². The summed E-state index contributed by atoms with van der Waals surface area (Å²) in [6.45, 7) is 5.29. The number of hydrogen-bond acceptors (Lipinski definition) is 4. The fourth-order valence-corrected chi connectivity index (χ4v) is 9.61. The van der Waals surface area contributed by atoms with Crippen molar-refractivity contribution < 1.29 is 0 Å². The van der Waals surface area contributed by atoms with Gasteiger partial charge in [0.1, 0.15) is 5.82 Å². The molecule has 63 heavy (non-hydrogen) atoms. The summed E-state index contributed by atoms with van der Waals surface area (Å²) < 4.78 is 2.35. The molecule has 0 aliphatic carbocycles. The van der Waals surface area contributed by atoms with Crippen LogP contribution in [0.5, 0.6) is 0 Å². The molecule has 1 aliphatic heterocycles. The van der Waals surface area contributed by atoms with E-state index in [9.17, 15) is 0 Å². The van der Waals surface area contributed by atoms with E-state index in [0.717, 1.165) is 74.1 Å². The molecule has 3 heterocycles. The third-order valence-corrected chi connectivity index (χ3v) is 12.6.